The van der Waals surface area contributed by atoms with Gasteiger partial charge < -0.3 is 5.32 Å². The van der Waals surface area contributed by atoms with Gasteiger partial charge in [-0.2, -0.15) is 11.3 Å². The van der Waals surface area contributed by atoms with Crippen LogP contribution in [0, 0.1) is 17.0 Å². The van der Waals surface area contributed by atoms with Gasteiger partial charge in [0, 0.05) is 29.2 Å². The number of nitro benzene ring substituents is 1. The first-order valence-electron chi connectivity index (χ1n) is 5.73. The Kier molecular flexibility index (Phi) is 4.68. The van der Waals surface area contributed by atoms with E-state index in [1.165, 1.54) is 17.2 Å². The van der Waals surface area contributed by atoms with Crippen LogP contribution >= 0.6 is 27.3 Å². The van der Waals surface area contributed by atoms with Crippen molar-refractivity contribution in [2.24, 2.45) is 0 Å². The van der Waals surface area contributed by atoms with Crippen molar-refractivity contribution in [1.29, 1.82) is 0 Å². The Balaban J connectivity index is 2.03. The van der Waals surface area contributed by atoms with Crippen molar-refractivity contribution < 1.29 is 4.92 Å². The molecule has 0 bridgehead atoms. The molecule has 1 N–H and O–H groups in total. The van der Waals surface area contributed by atoms with E-state index < -0.39 is 0 Å². The monoisotopic (exact) mass is 340 g/mol. The maximum absolute atomic E-state index is 11.0. The molecule has 6 heteroatoms. The first-order valence-corrected chi connectivity index (χ1v) is 7.46. The molecule has 0 aliphatic carbocycles. The molecule has 0 unspecified atom stereocenters. The number of hydrogen-bond acceptors (Lipinski definition) is 4. The predicted octanol–water partition coefficient (Wildman–Crippen LogP) is 4.02. The van der Waals surface area contributed by atoms with E-state index in [0.29, 0.717) is 12.1 Å². The van der Waals surface area contributed by atoms with E-state index >= 15 is 0 Å². The zero-order valence-electron chi connectivity index (χ0n) is 10.4. The number of halogens is 1. The van der Waals surface area contributed by atoms with E-state index in [2.05, 4.69) is 38.9 Å². The lowest BCUT2D eigenvalue weighted by Gasteiger charge is -2.06. The van der Waals surface area contributed by atoms with Crippen molar-refractivity contribution in [3.8, 4) is 0 Å². The smallest absolute Gasteiger partial charge is 0.275 e. The Morgan fingerprint density at radius 2 is 2.05 bits per heavy atom. The summed E-state index contributed by atoms with van der Waals surface area (Å²) in [6.07, 6.45) is 0. The van der Waals surface area contributed by atoms with Crippen LogP contribution in [-0.4, -0.2) is 4.92 Å². The quantitative estimate of drug-likeness (QED) is 0.660. The average molecular weight is 341 g/mol. The molecule has 1 aromatic heterocycles. The van der Waals surface area contributed by atoms with Crippen LogP contribution in [0.5, 0.6) is 0 Å². The molecule has 0 fully saturated rings. The highest BCUT2D eigenvalue weighted by Crippen LogP contribution is 2.23. The summed E-state index contributed by atoms with van der Waals surface area (Å²) >= 11 is 4.92. The maximum Gasteiger partial charge on any atom is 0.275 e. The average Bonchev–Trinajstić information content (AvgIpc) is 2.77. The number of aryl methyl sites for hydroxylation is 1. The molecule has 0 spiro atoms. The molecule has 19 heavy (non-hydrogen) atoms. The molecule has 0 saturated heterocycles. The van der Waals surface area contributed by atoms with Crippen LogP contribution in [0.3, 0.4) is 0 Å². The zero-order chi connectivity index (χ0) is 13.8. The lowest BCUT2D eigenvalue weighted by atomic mass is 10.1. The Morgan fingerprint density at radius 1 is 1.32 bits per heavy atom. The summed E-state index contributed by atoms with van der Waals surface area (Å²) < 4.78 is 0.719. The fourth-order valence-electron chi connectivity index (χ4n) is 1.76. The normalized spacial score (nSPS) is 10.6. The molecule has 0 atom stereocenters. The van der Waals surface area contributed by atoms with Gasteiger partial charge in [-0.3, -0.25) is 10.1 Å². The van der Waals surface area contributed by atoms with Gasteiger partial charge in [0.2, 0.25) is 0 Å². The van der Waals surface area contributed by atoms with Crippen LogP contribution < -0.4 is 5.32 Å². The van der Waals surface area contributed by atoms with Crippen LogP contribution in [0.4, 0.5) is 5.69 Å². The van der Waals surface area contributed by atoms with Gasteiger partial charge in [0.05, 0.1) is 4.92 Å². The maximum atomic E-state index is 11.0. The van der Waals surface area contributed by atoms with Gasteiger partial charge in [-0.05, 0) is 40.9 Å². The van der Waals surface area contributed by atoms with E-state index in [-0.39, 0.29) is 10.6 Å². The molecule has 0 saturated carbocycles. The summed E-state index contributed by atoms with van der Waals surface area (Å²) in [5.41, 5.74) is 3.33. The minimum atomic E-state index is -0.350. The summed E-state index contributed by atoms with van der Waals surface area (Å²) in [5, 5.41) is 18.4. The largest absolute Gasteiger partial charge is 0.308 e. The lowest BCUT2D eigenvalue weighted by molar-refractivity contribution is -0.385. The molecule has 0 aliphatic rings. The van der Waals surface area contributed by atoms with E-state index in [9.17, 15) is 10.1 Å². The second kappa shape index (κ2) is 6.27. The topological polar surface area (TPSA) is 55.2 Å². The van der Waals surface area contributed by atoms with Gasteiger partial charge in [-0.1, -0.05) is 15.9 Å². The van der Waals surface area contributed by atoms with Gasteiger partial charge in [0.15, 0.2) is 0 Å². The summed E-state index contributed by atoms with van der Waals surface area (Å²) in [5.74, 6) is 0. The van der Waals surface area contributed by atoms with Crippen molar-refractivity contribution in [3.63, 3.8) is 0 Å². The number of nitro groups is 1. The molecule has 0 radical (unpaired) electrons. The number of hydrogen-bond donors (Lipinski definition) is 1. The molecule has 1 aromatic carbocycles. The molecule has 100 valence electrons. The van der Waals surface area contributed by atoms with Gasteiger partial charge in [0.25, 0.3) is 5.69 Å². The molecule has 0 aliphatic heterocycles. The Labute approximate surface area is 123 Å². The molecular formula is C13H13BrN2O2S. The lowest BCUT2D eigenvalue weighted by Crippen LogP contribution is -2.14. The van der Waals surface area contributed by atoms with Gasteiger partial charge in [-0.15, -0.1) is 0 Å². The van der Waals surface area contributed by atoms with Crippen LogP contribution in [0.15, 0.2) is 33.4 Å². The van der Waals surface area contributed by atoms with Crippen LogP contribution in [0.25, 0.3) is 0 Å². The van der Waals surface area contributed by atoms with Crippen LogP contribution in [0.1, 0.15) is 16.7 Å². The summed E-state index contributed by atoms with van der Waals surface area (Å²) in [6, 6.07) is 5.13. The highest BCUT2D eigenvalue weighted by molar-refractivity contribution is 9.10. The Bertz CT molecular complexity index is 598. The van der Waals surface area contributed by atoms with E-state index in [1.807, 2.05) is 6.07 Å². The number of benzene rings is 1. The molecule has 2 rings (SSSR count). The second-order valence-electron chi connectivity index (χ2n) is 4.21. The fourth-order valence-corrected chi connectivity index (χ4v) is 2.96. The summed E-state index contributed by atoms with van der Waals surface area (Å²) in [7, 11) is 0. The molecule has 1 heterocycles. The summed E-state index contributed by atoms with van der Waals surface area (Å²) in [4.78, 5) is 10.6. The number of nitrogens with one attached hydrogen (secondary N) is 1. The van der Waals surface area contributed by atoms with Crippen molar-refractivity contribution in [2.45, 2.75) is 20.0 Å². The number of rotatable bonds is 5. The van der Waals surface area contributed by atoms with Gasteiger partial charge >= 0.3 is 0 Å². The molecule has 4 nitrogen and oxygen atoms in total. The third kappa shape index (κ3) is 3.62. The number of nitrogens with zero attached hydrogens (tertiary/aromatic N) is 1. The third-order valence-corrected chi connectivity index (χ3v) is 4.24. The first kappa shape index (κ1) is 14.2. The van der Waals surface area contributed by atoms with Crippen molar-refractivity contribution in [2.75, 3.05) is 0 Å². The number of thiophene rings is 1. The van der Waals surface area contributed by atoms with Gasteiger partial charge in [0.1, 0.15) is 0 Å². The van der Waals surface area contributed by atoms with Crippen LogP contribution in [-0.2, 0) is 13.1 Å². The second-order valence-corrected chi connectivity index (χ2v) is 5.87. The van der Waals surface area contributed by atoms with Crippen molar-refractivity contribution >= 4 is 33.0 Å². The summed E-state index contributed by atoms with van der Waals surface area (Å²) in [6.45, 7) is 3.27. The highest BCUT2D eigenvalue weighted by atomic mass is 79.9. The van der Waals surface area contributed by atoms with Crippen molar-refractivity contribution in [3.05, 3.63) is 60.2 Å². The standard InChI is InChI=1S/C13H13BrN2O2S/c1-9-7-19-8-11(9)6-15-5-10-2-3-12(14)4-13(10)16(17)18/h2-4,7-8,15H,5-6H2,1H3. The van der Waals surface area contributed by atoms with Gasteiger partial charge in [-0.25, -0.2) is 0 Å². The van der Waals surface area contributed by atoms with E-state index in [4.69, 9.17) is 0 Å². The van der Waals surface area contributed by atoms with Crippen molar-refractivity contribution in [1.82, 2.24) is 5.32 Å². The Hall–Kier alpha value is -1.24. The Morgan fingerprint density at radius 3 is 2.68 bits per heavy atom. The molecular weight excluding hydrogens is 328 g/mol. The highest BCUT2D eigenvalue weighted by Gasteiger charge is 2.13. The molecule has 0 amide bonds. The minimum absolute atomic E-state index is 0.143. The van der Waals surface area contributed by atoms with E-state index in [1.54, 1.807) is 17.4 Å². The fraction of sp³-hybridized carbons (Fsp3) is 0.231. The van der Waals surface area contributed by atoms with E-state index in [0.717, 1.165) is 11.0 Å². The minimum Gasteiger partial charge on any atom is -0.308 e. The predicted molar refractivity (Wildman–Crippen MR) is 80.4 cm³/mol. The zero-order valence-corrected chi connectivity index (χ0v) is 12.8. The first-order chi connectivity index (χ1) is 9.08. The SMILES string of the molecule is Cc1cscc1CNCc1ccc(Br)cc1[N+](=O)[O-]. The molecule has 2 aromatic rings. The van der Waals surface area contributed by atoms with Crippen LogP contribution in [0.2, 0.25) is 0 Å². The third-order valence-electron chi connectivity index (χ3n) is 2.84.